The third-order valence-corrected chi connectivity index (χ3v) is 5.44. The summed E-state index contributed by atoms with van der Waals surface area (Å²) in [6.07, 6.45) is 5.99. The molecule has 1 aromatic carbocycles. The van der Waals surface area contributed by atoms with Gasteiger partial charge in [-0.3, -0.25) is 0 Å². The fourth-order valence-electron chi connectivity index (χ4n) is 3.10. The Balaban J connectivity index is 1.60. The van der Waals surface area contributed by atoms with Gasteiger partial charge < -0.3 is 9.73 Å². The molecule has 3 heterocycles. The minimum atomic E-state index is 0.190. The van der Waals surface area contributed by atoms with Gasteiger partial charge >= 0.3 is 0 Å². The SMILES string of the molecule is Cc1cnc([C@@H](Nc2ncnc3c2oc2ccccc23)C2CC2)s1. The van der Waals surface area contributed by atoms with E-state index < -0.39 is 0 Å². The van der Waals surface area contributed by atoms with Gasteiger partial charge in [0, 0.05) is 16.5 Å². The Morgan fingerprint density at radius 3 is 2.88 bits per heavy atom. The van der Waals surface area contributed by atoms with E-state index in [4.69, 9.17) is 4.42 Å². The number of nitrogens with zero attached hydrogens (tertiary/aromatic N) is 3. The minimum Gasteiger partial charge on any atom is -0.450 e. The van der Waals surface area contributed by atoms with Gasteiger partial charge in [-0.2, -0.15) is 0 Å². The van der Waals surface area contributed by atoms with Crippen LogP contribution >= 0.6 is 11.3 Å². The Kier molecular flexibility index (Phi) is 3.06. The average Bonchev–Trinajstić information content (AvgIpc) is 3.23. The molecule has 4 aromatic rings. The lowest BCUT2D eigenvalue weighted by molar-refractivity contribution is 0.649. The number of benzene rings is 1. The molecule has 0 unspecified atom stereocenters. The van der Waals surface area contributed by atoms with E-state index in [9.17, 15) is 0 Å². The van der Waals surface area contributed by atoms with Crippen LogP contribution in [0.4, 0.5) is 5.82 Å². The second-order valence-electron chi connectivity index (χ2n) is 6.27. The molecule has 0 aliphatic heterocycles. The van der Waals surface area contributed by atoms with Crippen molar-refractivity contribution in [1.82, 2.24) is 15.0 Å². The predicted octanol–water partition coefficient (Wildman–Crippen LogP) is 4.70. The molecule has 5 nitrogen and oxygen atoms in total. The van der Waals surface area contributed by atoms with E-state index in [0.717, 1.165) is 32.9 Å². The molecular weight excluding hydrogens is 320 g/mol. The molecule has 1 fully saturated rings. The van der Waals surface area contributed by atoms with E-state index in [1.54, 1.807) is 17.7 Å². The van der Waals surface area contributed by atoms with Crippen LogP contribution in [0, 0.1) is 12.8 Å². The van der Waals surface area contributed by atoms with Crippen molar-refractivity contribution >= 4 is 39.2 Å². The summed E-state index contributed by atoms with van der Waals surface area (Å²) >= 11 is 1.75. The lowest BCUT2D eigenvalue weighted by atomic mass is 10.2. The number of rotatable bonds is 4. The molecule has 0 bridgehead atoms. The second kappa shape index (κ2) is 5.27. The molecule has 1 aliphatic carbocycles. The van der Waals surface area contributed by atoms with Gasteiger partial charge in [-0.25, -0.2) is 15.0 Å². The summed E-state index contributed by atoms with van der Waals surface area (Å²) in [7, 11) is 0. The van der Waals surface area contributed by atoms with Crippen molar-refractivity contribution in [1.29, 1.82) is 0 Å². The maximum atomic E-state index is 6.02. The van der Waals surface area contributed by atoms with Crippen molar-refractivity contribution in [3.05, 3.63) is 46.7 Å². The number of thiazole rings is 1. The fraction of sp³-hybridized carbons (Fsp3) is 0.278. The zero-order valence-corrected chi connectivity index (χ0v) is 14.0. The maximum absolute atomic E-state index is 6.02. The van der Waals surface area contributed by atoms with Crippen LogP contribution < -0.4 is 5.32 Å². The van der Waals surface area contributed by atoms with Crippen LogP contribution in [0.25, 0.3) is 22.1 Å². The standard InChI is InChI=1S/C18H16N4OS/c1-10-8-19-18(24-10)14(11-6-7-11)22-17-16-15(20-9-21-17)12-4-2-3-5-13(12)23-16/h2-5,8-9,11,14H,6-7H2,1H3,(H,20,21,22)/t14-/m0/s1. The zero-order chi connectivity index (χ0) is 16.1. The summed E-state index contributed by atoms with van der Waals surface area (Å²) in [4.78, 5) is 14.7. The van der Waals surface area contributed by atoms with Gasteiger partial charge in [0.25, 0.3) is 0 Å². The molecule has 6 heteroatoms. The van der Waals surface area contributed by atoms with E-state index in [-0.39, 0.29) is 6.04 Å². The van der Waals surface area contributed by atoms with Gasteiger partial charge in [-0.15, -0.1) is 11.3 Å². The summed E-state index contributed by atoms with van der Waals surface area (Å²) in [5, 5.41) is 5.72. The molecule has 120 valence electrons. The molecule has 1 N–H and O–H groups in total. The van der Waals surface area contributed by atoms with Crippen LogP contribution in [-0.2, 0) is 0 Å². The Bertz CT molecular complexity index is 1030. The summed E-state index contributed by atoms with van der Waals surface area (Å²) < 4.78 is 6.02. The normalized spacial score (nSPS) is 15.9. The van der Waals surface area contributed by atoms with E-state index in [1.165, 1.54) is 17.7 Å². The first-order chi connectivity index (χ1) is 11.8. The number of aromatic nitrogens is 3. The number of anilines is 1. The van der Waals surface area contributed by atoms with E-state index in [1.807, 2.05) is 30.5 Å². The van der Waals surface area contributed by atoms with Crippen molar-refractivity contribution in [3.8, 4) is 0 Å². The highest BCUT2D eigenvalue weighted by Gasteiger charge is 2.35. The van der Waals surface area contributed by atoms with Crippen molar-refractivity contribution in [3.63, 3.8) is 0 Å². The van der Waals surface area contributed by atoms with Crippen LogP contribution in [0.3, 0.4) is 0 Å². The van der Waals surface area contributed by atoms with Gasteiger partial charge in [0.2, 0.25) is 0 Å². The Labute approximate surface area is 142 Å². The maximum Gasteiger partial charge on any atom is 0.196 e. The molecule has 0 radical (unpaired) electrons. The second-order valence-corrected chi connectivity index (χ2v) is 7.53. The van der Waals surface area contributed by atoms with Gasteiger partial charge in [0.05, 0.1) is 6.04 Å². The third-order valence-electron chi connectivity index (χ3n) is 4.45. The lowest BCUT2D eigenvalue weighted by Gasteiger charge is -2.16. The summed E-state index contributed by atoms with van der Waals surface area (Å²) in [6, 6.07) is 8.15. The molecule has 0 spiro atoms. The van der Waals surface area contributed by atoms with Crippen molar-refractivity contribution in [2.45, 2.75) is 25.8 Å². The number of fused-ring (bicyclic) bond motifs is 3. The predicted molar refractivity (Wildman–Crippen MR) is 95.2 cm³/mol. The molecule has 1 saturated carbocycles. The zero-order valence-electron chi connectivity index (χ0n) is 13.2. The summed E-state index contributed by atoms with van der Waals surface area (Å²) in [6.45, 7) is 2.09. The van der Waals surface area contributed by atoms with Gasteiger partial charge in [-0.1, -0.05) is 12.1 Å². The Morgan fingerprint density at radius 1 is 1.21 bits per heavy atom. The topological polar surface area (TPSA) is 63.8 Å². The molecule has 3 aromatic heterocycles. The first-order valence-electron chi connectivity index (χ1n) is 8.11. The Morgan fingerprint density at radius 2 is 2.08 bits per heavy atom. The number of nitrogens with one attached hydrogen (secondary N) is 1. The quantitative estimate of drug-likeness (QED) is 0.585. The highest BCUT2D eigenvalue weighted by Crippen LogP contribution is 2.44. The number of para-hydroxylation sites is 1. The highest BCUT2D eigenvalue weighted by molar-refractivity contribution is 7.11. The molecule has 1 aliphatic rings. The summed E-state index contributed by atoms with van der Waals surface area (Å²) in [5.41, 5.74) is 2.41. The molecule has 0 amide bonds. The van der Waals surface area contributed by atoms with Gasteiger partial charge in [0.1, 0.15) is 22.4 Å². The van der Waals surface area contributed by atoms with Crippen LogP contribution in [-0.4, -0.2) is 15.0 Å². The molecule has 5 rings (SSSR count). The largest absolute Gasteiger partial charge is 0.450 e. The van der Waals surface area contributed by atoms with Crippen LogP contribution in [0.15, 0.2) is 41.2 Å². The number of furan rings is 1. The van der Waals surface area contributed by atoms with E-state index >= 15 is 0 Å². The average molecular weight is 336 g/mol. The van der Waals surface area contributed by atoms with Gasteiger partial charge in [0.15, 0.2) is 11.4 Å². The Hall–Kier alpha value is -2.47. The molecular formula is C18H16N4OS. The smallest absolute Gasteiger partial charge is 0.196 e. The van der Waals surface area contributed by atoms with E-state index in [0.29, 0.717) is 5.92 Å². The number of hydrogen-bond acceptors (Lipinski definition) is 6. The fourth-order valence-corrected chi connectivity index (χ4v) is 4.02. The molecule has 1 atom stereocenters. The number of hydrogen-bond donors (Lipinski definition) is 1. The minimum absolute atomic E-state index is 0.190. The number of aryl methyl sites for hydroxylation is 1. The summed E-state index contributed by atoms with van der Waals surface area (Å²) in [5.74, 6) is 1.37. The monoisotopic (exact) mass is 336 g/mol. The van der Waals surface area contributed by atoms with Crippen molar-refractivity contribution in [2.75, 3.05) is 5.32 Å². The van der Waals surface area contributed by atoms with Crippen molar-refractivity contribution < 1.29 is 4.42 Å². The van der Waals surface area contributed by atoms with Gasteiger partial charge in [-0.05, 0) is 37.8 Å². The van der Waals surface area contributed by atoms with Crippen LogP contribution in [0.1, 0.15) is 28.8 Å². The van der Waals surface area contributed by atoms with Crippen LogP contribution in [0.5, 0.6) is 0 Å². The first kappa shape index (κ1) is 13.9. The van der Waals surface area contributed by atoms with Crippen LogP contribution in [0.2, 0.25) is 0 Å². The molecule has 0 saturated heterocycles. The molecule has 24 heavy (non-hydrogen) atoms. The highest BCUT2D eigenvalue weighted by atomic mass is 32.1. The first-order valence-corrected chi connectivity index (χ1v) is 8.92. The van der Waals surface area contributed by atoms with E-state index in [2.05, 4.69) is 27.2 Å². The third kappa shape index (κ3) is 2.26. The van der Waals surface area contributed by atoms with Crippen molar-refractivity contribution in [2.24, 2.45) is 5.92 Å². The lowest BCUT2D eigenvalue weighted by Crippen LogP contribution is -2.13.